The number of carbonyl (C=O) groups excluding carboxylic acids is 1. The van der Waals surface area contributed by atoms with Crippen molar-refractivity contribution in [2.75, 3.05) is 6.61 Å². The maximum Gasteiger partial charge on any atom is 0.407 e. The van der Waals surface area contributed by atoms with Gasteiger partial charge in [0.25, 0.3) is 0 Å². The Morgan fingerprint density at radius 2 is 1.87 bits per heavy atom. The summed E-state index contributed by atoms with van der Waals surface area (Å²) in [5.41, 5.74) is 2.12. The molecule has 1 saturated heterocycles. The van der Waals surface area contributed by atoms with Crippen molar-refractivity contribution in [2.24, 2.45) is 0 Å². The van der Waals surface area contributed by atoms with Crippen LogP contribution in [-0.4, -0.2) is 24.8 Å². The molecule has 0 aromatic heterocycles. The lowest BCUT2D eigenvalue weighted by Gasteiger charge is -2.17. The fraction of sp³-hybridized carbons (Fsp3) is 0.278. The Balaban J connectivity index is 1.52. The molecule has 120 valence electrons. The lowest BCUT2D eigenvalue weighted by Crippen LogP contribution is -2.40. The Labute approximate surface area is 143 Å². The predicted molar refractivity (Wildman–Crippen MR) is 91.1 cm³/mol. The van der Waals surface area contributed by atoms with E-state index in [1.165, 1.54) is 0 Å². The van der Waals surface area contributed by atoms with Gasteiger partial charge in [-0.15, -0.1) is 0 Å². The van der Waals surface area contributed by atoms with Crippen molar-refractivity contribution in [1.82, 2.24) is 5.32 Å². The van der Waals surface area contributed by atoms with Gasteiger partial charge in [-0.1, -0.05) is 58.4 Å². The monoisotopic (exact) mass is 375 g/mol. The van der Waals surface area contributed by atoms with E-state index in [0.29, 0.717) is 6.61 Å². The number of alkyl carbamates (subject to hydrolysis) is 1. The summed E-state index contributed by atoms with van der Waals surface area (Å²) < 4.78 is 11.7. The zero-order valence-electron chi connectivity index (χ0n) is 12.6. The summed E-state index contributed by atoms with van der Waals surface area (Å²) in [7, 11) is 0. The molecule has 3 rings (SSSR count). The molecule has 0 radical (unpaired) electrons. The molecule has 23 heavy (non-hydrogen) atoms. The predicted octanol–water partition coefficient (Wildman–Crippen LogP) is 3.69. The smallest absolute Gasteiger partial charge is 0.407 e. The SMILES string of the molecule is O=C(N[C@@H](Cc1ccc(Br)cc1)[C@H]1CO1)OCc1ccccc1. The van der Waals surface area contributed by atoms with Crippen LogP contribution < -0.4 is 5.32 Å². The third kappa shape index (κ3) is 5.08. The van der Waals surface area contributed by atoms with Crippen molar-refractivity contribution in [1.29, 1.82) is 0 Å². The minimum atomic E-state index is -0.411. The van der Waals surface area contributed by atoms with Gasteiger partial charge in [0.2, 0.25) is 0 Å². The zero-order chi connectivity index (χ0) is 16.1. The normalized spacial score (nSPS) is 17.3. The van der Waals surface area contributed by atoms with Gasteiger partial charge in [0, 0.05) is 4.47 Å². The highest BCUT2D eigenvalue weighted by Gasteiger charge is 2.34. The average molecular weight is 376 g/mol. The Kier molecular flexibility index (Phi) is 5.31. The highest BCUT2D eigenvalue weighted by atomic mass is 79.9. The van der Waals surface area contributed by atoms with E-state index in [0.717, 1.165) is 22.0 Å². The summed E-state index contributed by atoms with van der Waals surface area (Å²) in [6, 6.07) is 17.6. The molecule has 0 spiro atoms. The van der Waals surface area contributed by atoms with E-state index in [1.807, 2.05) is 54.6 Å². The lowest BCUT2D eigenvalue weighted by atomic mass is 10.0. The van der Waals surface area contributed by atoms with Gasteiger partial charge >= 0.3 is 6.09 Å². The summed E-state index contributed by atoms with van der Waals surface area (Å²) in [5.74, 6) is 0. The Morgan fingerprint density at radius 1 is 1.17 bits per heavy atom. The fourth-order valence-electron chi connectivity index (χ4n) is 2.35. The summed E-state index contributed by atoms with van der Waals surface area (Å²) in [6.07, 6.45) is 0.382. The Morgan fingerprint density at radius 3 is 2.52 bits per heavy atom. The van der Waals surface area contributed by atoms with Crippen LogP contribution in [0.3, 0.4) is 0 Å². The van der Waals surface area contributed by atoms with Crippen LogP contribution in [0.2, 0.25) is 0 Å². The molecule has 0 aliphatic carbocycles. The number of hydrogen-bond donors (Lipinski definition) is 1. The van der Waals surface area contributed by atoms with E-state index in [1.54, 1.807) is 0 Å². The number of amides is 1. The van der Waals surface area contributed by atoms with Crippen LogP contribution in [0.1, 0.15) is 11.1 Å². The number of nitrogens with one attached hydrogen (secondary N) is 1. The van der Waals surface area contributed by atoms with E-state index in [2.05, 4.69) is 21.2 Å². The van der Waals surface area contributed by atoms with E-state index in [9.17, 15) is 4.79 Å². The van der Waals surface area contributed by atoms with Gasteiger partial charge in [-0.2, -0.15) is 0 Å². The molecule has 2 aromatic rings. The molecule has 4 nitrogen and oxygen atoms in total. The molecular formula is C18H18BrNO3. The second kappa shape index (κ2) is 7.62. The van der Waals surface area contributed by atoms with Crippen LogP contribution >= 0.6 is 15.9 Å². The largest absolute Gasteiger partial charge is 0.445 e. The van der Waals surface area contributed by atoms with Crippen LogP contribution in [0.15, 0.2) is 59.1 Å². The standard InChI is InChI=1S/C18H18BrNO3/c19-15-8-6-13(7-9-15)10-16(17-12-22-17)20-18(21)23-11-14-4-2-1-3-5-14/h1-9,16-17H,10-12H2,(H,20,21)/t16-,17+/m0/s1. The topological polar surface area (TPSA) is 50.9 Å². The van der Waals surface area contributed by atoms with Crippen molar-refractivity contribution >= 4 is 22.0 Å². The molecular weight excluding hydrogens is 358 g/mol. The van der Waals surface area contributed by atoms with Gasteiger partial charge < -0.3 is 14.8 Å². The molecule has 1 N–H and O–H groups in total. The van der Waals surface area contributed by atoms with Crippen LogP contribution in [0, 0.1) is 0 Å². The number of hydrogen-bond acceptors (Lipinski definition) is 3. The van der Waals surface area contributed by atoms with E-state index >= 15 is 0 Å². The molecule has 1 fully saturated rings. The summed E-state index contributed by atoms with van der Waals surface area (Å²) >= 11 is 3.42. The Bertz CT molecular complexity index is 641. The van der Waals surface area contributed by atoms with Crippen LogP contribution in [0.4, 0.5) is 4.79 Å². The Hall–Kier alpha value is -1.85. The molecule has 1 aliphatic rings. The maximum atomic E-state index is 12.0. The second-order valence-electron chi connectivity index (χ2n) is 5.51. The van der Waals surface area contributed by atoms with Gasteiger partial charge in [-0.3, -0.25) is 0 Å². The number of epoxide rings is 1. The van der Waals surface area contributed by atoms with Gasteiger partial charge in [-0.25, -0.2) is 4.79 Å². The molecule has 1 amide bonds. The average Bonchev–Trinajstić information content (AvgIpc) is 3.40. The molecule has 2 atom stereocenters. The zero-order valence-corrected chi connectivity index (χ0v) is 14.2. The number of carbonyl (C=O) groups is 1. The molecule has 0 bridgehead atoms. The van der Waals surface area contributed by atoms with Gasteiger partial charge in [0.1, 0.15) is 12.7 Å². The first kappa shape index (κ1) is 16.0. The maximum absolute atomic E-state index is 12.0. The second-order valence-corrected chi connectivity index (χ2v) is 6.43. The first-order valence-corrected chi connectivity index (χ1v) is 8.33. The van der Waals surface area contributed by atoms with Crippen LogP contribution in [0.5, 0.6) is 0 Å². The summed E-state index contributed by atoms with van der Waals surface area (Å²) in [6.45, 7) is 0.948. The first-order chi connectivity index (χ1) is 11.2. The van der Waals surface area contributed by atoms with E-state index in [-0.39, 0.29) is 18.8 Å². The number of rotatable bonds is 6. The third-order valence-corrected chi connectivity index (χ3v) is 4.22. The van der Waals surface area contributed by atoms with Crippen molar-refractivity contribution in [3.05, 3.63) is 70.2 Å². The van der Waals surface area contributed by atoms with Crippen molar-refractivity contribution < 1.29 is 14.3 Å². The van der Waals surface area contributed by atoms with E-state index < -0.39 is 6.09 Å². The lowest BCUT2D eigenvalue weighted by molar-refractivity contribution is 0.133. The number of benzene rings is 2. The summed E-state index contributed by atoms with van der Waals surface area (Å²) in [5, 5.41) is 2.91. The molecule has 1 aliphatic heterocycles. The van der Waals surface area contributed by atoms with Gasteiger partial charge in [0.05, 0.1) is 12.6 Å². The van der Waals surface area contributed by atoms with Crippen molar-refractivity contribution in [3.8, 4) is 0 Å². The van der Waals surface area contributed by atoms with E-state index in [4.69, 9.17) is 9.47 Å². The van der Waals surface area contributed by atoms with Crippen LogP contribution in [0.25, 0.3) is 0 Å². The van der Waals surface area contributed by atoms with Crippen molar-refractivity contribution in [2.45, 2.75) is 25.2 Å². The minimum absolute atomic E-state index is 0.0700. The minimum Gasteiger partial charge on any atom is -0.445 e. The van der Waals surface area contributed by atoms with Crippen LogP contribution in [-0.2, 0) is 22.5 Å². The highest BCUT2D eigenvalue weighted by molar-refractivity contribution is 9.10. The number of ether oxygens (including phenoxy) is 2. The van der Waals surface area contributed by atoms with Crippen molar-refractivity contribution in [3.63, 3.8) is 0 Å². The number of halogens is 1. The third-order valence-electron chi connectivity index (χ3n) is 3.69. The molecule has 0 unspecified atom stereocenters. The molecule has 2 aromatic carbocycles. The van der Waals surface area contributed by atoms with Gasteiger partial charge in [0.15, 0.2) is 0 Å². The quantitative estimate of drug-likeness (QED) is 0.783. The summed E-state index contributed by atoms with van der Waals surface area (Å²) in [4.78, 5) is 12.0. The molecule has 5 heteroatoms. The van der Waals surface area contributed by atoms with Gasteiger partial charge in [-0.05, 0) is 29.7 Å². The molecule has 1 heterocycles. The molecule has 0 saturated carbocycles. The first-order valence-electron chi connectivity index (χ1n) is 7.54. The highest BCUT2D eigenvalue weighted by Crippen LogP contribution is 2.19. The fourth-order valence-corrected chi connectivity index (χ4v) is 2.62.